The Hall–Kier alpha value is -2.95. The van der Waals surface area contributed by atoms with Crippen LogP contribution < -0.4 is 5.32 Å². The molecule has 0 saturated carbocycles. The van der Waals surface area contributed by atoms with Crippen LogP contribution in [0.15, 0.2) is 48.5 Å². The Morgan fingerprint density at radius 3 is 2.61 bits per heavy atom. The van der Waals surface area contributed by atoms with Gasteiger partial charge in [-0.05, 0) is 30.7 Å². The van der Waals surface area contributed by atoms with Gasteiger partial charge in [0.15, 0.2) is 5.65 Å². The van der Waals surface area contributed by atoms with Crippen LogP contribution in [0.4, 0.5) is 11.6 Å². The molecule has 5 nitrogen and oxygen atoms in total. The zero-order valence-corrected chi connectivity index (χ0v) is 13.1. The van der Waals surface area contributed by atoms with Gasteiger partial charge in [0.25, 0.3) is 0 Å². The van der Waals surface area contributed by atoms with Crippen molar-refractivity contribution in [2.24, 2.45) is 0 Å². The molecule has 0 fully saturated rings. The summed E-state index contributed by atoms with van der Waals surface area (Å²) >= 11 is 0. The summed E-state index contributed by atoms with van der Waals surface area (Å²) in [4.78, 5) is 4.79. The molecule has 2 aromatic heterocycles. The minimum Gasteiger partial charge on any atom is -0.325 e. The van der Waals surface area contributed by atoms with Gasteiger partial charge in [0.2, 0.25) is 5.95 Å². The minimum absolute atomic E-state index is 0.745. The van der Waals surface area contributed by atoms with E-state index < -0.39 is 0 Å². The summed E-state index contributed by atoms with van der Waals surface area (Å²) in [5, 5.41) is 13.1. The molecule has 5 heteroatoms. The Kier molecular flexibility index (Phi) is 3.19. The van der Waals surface area contributed by atoms with Crippen LogP contribution >= 0.6 is 0 Å². The number of aromatic nitrogens is 4. The van der Waals surface area contributed by atoms with Gasteiger partial charge in [-0.15, -0.1) is 10.2 Å². The fourth-order valence-electron chi connectivity index (χ4n) is 2.78. The molecule has 23 heavy (non-hydrogen) atoms. The summed E-state index contributed by atoms with van der Waals surface area (Å²) in [5.41, 5.74) is 3.95. The van der Waals surface area contributed by atoms with Crippen LogP contribution in [-0.4, -0.2) is 19.6 Å². The fraction of sp³-hybridized carbons (Fsp3) is 0.167. The van der Waals surface area contributed by atoms with Gasteiger partial charge in [-0.2, -0.15) is 0 Å². The van der Waals surface area contributed by atoms with E-state index in [1.54, 1.807) is 0 Å². The van der Waals surface area contributed by atoms with E-state index >= 15 is 0 Å². The van der Waals surface area contributed by atoms with Crippen LogP contribution in [0, 0.1) is 6.92 Å². The second kappa shape index (κ2) is 5.35. The van der Waals surface area contributed by atoms with Crippen LogP contribution in [0.5, 0.6) is 0 Å². The van der Waals surface area contributed by atoms with Crippen molar-refractivity contribution in [2.75, 3.05) is 5.32 Å². The van der Waals surface area contributed by atoms with Crippen LogP contribution in [0.1, 0.15) is 18.3 Å². The lowest BCUT2D eigenvalue weighted by molar-refractivity contribution is 0.904. The van der Waals surface area contributed by atoms with Crippen molar-refractivity contribution in [1.29, 1.82) is 0 Å². The van der Waals surface area contributed by atoms with E-state index in [1.807, 2.05) is 46.9 Å². The van der Waals surface area contributed by atoms with Crippen molar-refractivity contribution in [1.82, 2.24) is 19.6 Å². The lowest BCUT2D eigenvalue weighted by Crippen LogP contribution is -2.05. The van der Waals surface area contributed by atoms with E-state index in [9.17, 15) is 0 Å². The van der Waals surface area contributed by atoms with Gasteiger partial charge in [0.1, 0.15) is 5.82 Å². The molecule has 0 radical (unpaired) electrons. The number of benzene rings is 2. The zero-order valence-electron chi connectivity index (χ0n) is 13.1. The highest BCUT2D eigenvalue weighted by Crippen LogP contribution is 2.25. The molecule has 4 rings (SSSR count). The summed E-state index contributed by atoms with van der Waals surface area (Å²) in [6.07, 6.45) is 0.795. The van der Waals surface area contributed by atoms with Crippen LogP contribution in [0.3, 0.4) is 0 Å². The topological polar surface area (TPSA) is 55.1 Å². The molecule has 0 bridgehead atoms. The van der Waals surface area contributed by atoms with Crippen molar-refractivity contribution >= 4 is 28.2 Å². The summed E-state index contributed by atoms with van der Waals surface area (Å²) in [6.45, 7) is 4.15. The van der Waals surface area contributed by atoms with Crippen molar-refractivity contribution in [3.8, 4) is 0 Å². The van der Waals surface area contributed by atoms with Crippen LogP contribution in [0.25, 0.3) is 16.6 Å². The predicted octanol–water partition coefficient (Wildman–Crippen LogP) is 3.89. The van der Waals surface area contributed by atoms with Crippen molar-refractivity contribution in [2.45, 2.75) is 20.3 Å². The highest BCUT2D eigenvalue weighted by molar-refractivity contribution is 5.92. The second-order valence-electron chi connectivity index (χ2n) is 5.52. The molecule has 114 valence electrons. The SMILES string of the molecule is CCc1nnc2c3ccccc3nc(Nc3ccccc3C)n12. The first-order chi connectivity index (χ1) is 11.3. The summed E-state index contributed by atoms with van der Waals surface area (Å²) in [5.74, 6) is 1.64. The Bertz CT molecular complexity index is 1000. The molecule has 0 aliphatic carbocycles. The summed E-state index contributed by atoms with van der Waals surface area (Å²) in [6, 6.07) is 16.2. The van der Waals surface area contributed by atoms with Gasteiger partial charge in [0, 0.05) is 17.5 Å². The maximum Gasteiger partial charge on any atom is 0.215 e. The Morgan fingerprint density at radius 1 is 1.00 bits per heavy atom. The first kappa shape index (κ1) is 13.7. The molecule has 4 aromatic rings. The monoisotopic (exact) mass is 303 g/mol. The molecule has 0 unspecified atom stereocenters. The van der Waals surface area contributed by atoms with E-state index in [2.05, 4.69) is 35.4 Å². The largest absolute Gasteiger partial charge is 0.325 e. The number of aryl methyl sites for hydroxylation is 2. The lowest BCUT2D eigenvalue weighted by Gasteiger charge is -2.12. The van der Waals surface area contributed by atoms with Gasteiger partial charge in [-0.3, -0.25) is 0 Å². The van der Waals surface area contributed by atoms with Crippen molar-refractivity contribution in [3.63, 3.8) is 0 Å². The van der Waals surface area contributed by atoms with E-state index in [0.29, 0.717) is 0 Å². The molecule has 0 spiro atoms. The van der Waals surface area contributed by atoms with E-state index in [-0.39, 0.29) is 0 Å². The number of rotatable bonds is 3. The predicted molar refractivity (Wildman–Crippen MR) is 92.1 cm³/mol. The molecule has 0 amide bonds. The fourth-order valence-corrected chi connectivity index (χ4v) is 2.78. The number of nitrogens with one attached hydrogen (secondary N) is 1. The minimum atomic E-state index is 0.745. The quantitative estimate of drug-likeness (QED) is 0.624. The average Bonchev–Trinajstić information content (AvgIpc) is 3.02. The highest BCUT2D eigenvalue weighted by Gasteiger charge is 2.14. The number of hydrogen-bond acceptors (Lipinski definition) is 4. The first-order valence-electron chi connectivity index (χ1n) is 7.73. The summed E-state index contributed by atoms with van der Waals surface area (Å²) in [7, 11) is 0. The third-order valence-corrected chi connectivity index (χ3v) is 4.02. The maximum atomic E-state index is 4.79. The normalized spacial score (nSPS) is 11.2. The summed E-state index contributed by atoms with van der Waals surface area (Å²) < 4.78 is 2.01. The Morgan fingerprint density at radius 2 is 1.78 bits per heavy atom. The molecule has 0 aliphatic heterocycles. The molecular weight excluding hydrogens is 286 g/mol. The molecule has 0 saturated heterocycles. The van der Waals surface area contributed by atoms with Crippen LogP contribution in [0.2, 0.25) is 0 Å². The number of nitrogens with zero attached hydrogens (tertiary/aromatic N) is 4. The zero-order chi connectivity index (χ0) is 15.8. The van der Waals surface area contributed by atoms with Gasteiger partial charge in [-0.25, -0.2) is 9.38 Å². The number of hydrogen-bond donors (Lipinski definition) is 1. The first-order valence-corrected chi connectivity index (χ1v) is 7.73. The van der Waals surface area contributed by atoms with E-state index in [4.69, 9.17) is 4.98 Å². The Balaban J connectivity index is 1.99. The van der Waals surface area contributed by atoms with Gasteiger partial charge < -0.3 is 5.32 Å². The molecular formula is C18H17N5. The third kappa shape index (κ3) is 2.21. The second-order valence-corrected chi connectivity index (χ2v) is 5.52. The molecule has 2 aromatic carbocycles. The van der Waals surface area contributed by atoms with Gasteiger partial charge in [-0.1, -0.05) is 37.3 Å². The lowest BCUT2D eigenvalue weighted by atomic mass is 10.2. The smallest absolute Gasteiger partial charge is 0.215 e. The molecule has 2 heterocycles. The average molecular weight is 303 g/mol. The molecule has 1 N–H and O–H groups in total. The highest BCUT2D eigenvalue weighted by atomic mass is 15.3. The number of fused-ring (bicyclic) bond motifs is 3. The molecule has 0 atom stereocenters. The third-order valence-electron chi connectivity index (χ3n) is 4.02. The van der Waals surface area contributed by atoms with E-state index in [1.165, 1.54) is 5.56 Å². The van der Waals surface area contributed by atoms with Crippen LogP contribution in [-0.2, 0) is 6.42 Å². The maximum absolute atomic E-state index is 4.79. The van der Waals surface area contributed by atoms with E-state index in [0.717, 1.165) is 40.4 Å². The Labute approximate surface area is 134 Å². The van der Waals surface area contributed by atoms with Crippen molar-refractivity contribution in [3.05, 3.63) is 59.9 Å². The van der Waals surface area contributed by atoms with Crippen molar-refractivity contribution < 1.29 is 0 Å². The number of anilines is 2. The number of para-hydroxylation sites is 2. The van der Waals surface area contributed by atoms with Gasteiger partial charge in [0.05, 0.1) is 5.52 Å². The standard InChI is InChI=1S/C18H17N5/c1-3-16-21-22-17-13-9-5-7-11-15(13)20-18(23(16)17)19-14-10-6-4-8-12(14)2/h4-11H,3H2,1-2H3,(H,19,20). The molecule has 0 aliphatic rings. The van der Waals surface area contributed by atoms with Gasteiger partial charge >= 0.3 is 0 Å².